The van der Waals surface area contributed by atoms with Gasteiger partial charge in [-0.3, -0.25) is 9.59 Å². The van der Waals surface area contributed by atoms with Gasteiger partial charge in [0.1, 0.15) is 6.54 Å². The Bertz CT molecular complexity index is 369. The molecule has 0 saturated carbocycles. The molecule has 1 rings (SSSR count). The van der Waals surface area contributed by atoms with E-state index in [-0.39, 0.29) is 18.2 Å². The summed E-state index contributed by atoms with van der Waals surface area (Å²) in [5.74, 6) is 0.0839. The van der Waals surface area contributed by atoms with Crippen molar-refractivity contribution in [2.75, 3.05) is 6.54 Å². The minimum absolute atomic E-state index is 0.0204. The molecule has 0 unspecified atom stereocenters. The van der Waals surface area contributed by atoms with Crippen molar-refractivity contribution in [2.45, 2.75) is 33.2 Å². The minimum Gasteiger partial charge on any atom is -0.355 e. The summed E-state index contributed by atoms with van der Waals surface area (Å²) in [4.78, 5) is 22.8. The molecule has 88 valence electrons. The van der Waals surface area contributed by atoms with Crippen molar-refractivity contribution in [3.05, 3.63) is 24.0 Å². The molecule has 0 spiro atoms. The van der Waals surface area contributed by atoms with Crippen LogP contribution >= 0.6 is 0 Å². The topological polar surface area (TPSA) is 51.1 Å². The van der Waals surface area contributed by atoms with E-state index in [1.54, 1.807) is 23.0 Å². The molecule has 1 amide bonds. The molecule has 0 bridgehead atoms. The summed E-state index contributed by atoms with van der Waals surface area (Å²) in [6.07, 6.45) is 4.90. The van der Waals surface area contributed by atoms with Gasteiger partial charge in [-0.05, 0) is 12.5 Å². The second-order valence-electron chi connectivity index (χ2n) is 3.70. The third kappa shape index (κ3) is 3.53. The van der Waals surface area contributed by atoms with Gasteiger partial charge in [0.25, 0.3) is 0 Å². The summed E-state index contributed by atoms with van der Waals surface area (Å²) in [5.41, 5.74) is 0.672. The molecule has 4 heteroatoms. The Labute approximate surface area is 95.6 Å². The zero-order chi connectivity index (χ0) is 12.0. The first-order valence-electron chi connectivity index (χ1n) is 5.63. The molecule has 0 fully saturated rings. The fourth-order valence-electron chi connectivity index (χ4n) is 1.39. The van der Waals surface area contributed by atoms with E-state index in [1.165, 1.54) is 0 Å². The largest absolute Gasteiger partial charge is 0.355 e. The Morgan fingerprint density at radius 3 is 2.75 bits per heavy atom. The number of Topliss-reactive ketones (excluding diaryl/α,β-unsaturated/α-hetero) is 1. The molecule has 0 radical (unpaired) electrons. The molecule has 1 N–H and O–H groups in total. The van der Waals surface area contributed by atoms with Crippen LogP contribution in [0.4, 0.5) is 0 Å². The predicted octanol–water partition coefficient (Wildman–Crippen LogP) is 1.61. The summed E-state index contributed by atoms with van der Waals surface area (Å²) in [7, 11) is 0. The minimum atomic E-state index is -0.0204. The fourth-order valence-corrected chi connectivity index (χ4v) is 1.39. The molecule has 0 aliphatic rings. The zero-order valence-corrected chi connectivity index (χ0v) is 9.82. The highest BCUT2D eigenvalue weighted by atomic mass is 16.2. The Morgan fingerprint density at radius 1 is 1.38 bits per heavy atom. The van der Waals surface area contributed by atoms with Crippen LogP contribution < -0.4 is 5.32 Å². The lowest BCUT2D eigenvalue weighted by atomic mass is 10.2. The summed E-state index contributed by atoms with van der Waals surface area (Å²) in [6.45, 7) is 4.80. The second-order valence-corrected chi connectivity index (χ2v) is 3.70. The maximum Gasteiger partial charge on any atom is 0.239 e. The number of hydrogen-bond acceptors (Lipinski definition) is 2. The van der Waals surface area contributed by atoms with Crippen molar-refractivity contribution in [3.63, 3.8) is 0 Å². The molecule has 1 aromatic rings. The number of ketones is 1. The Morgan fingerprint density at radius 2 is 2.12 bits per heavy atom. The van der Waals surface area contributed by atoms with Crippen molar-refractivity contribution in [3.8, 4) is 0 Å². The van der Waals surface area contributed by atoms with Gasteiger partial charge in [0.05, 0.1) is 0 Å². The van der Waals surface area contributed by atoms with Crippen LogP contribution in [-0.2, 0) is 11.3 Å². The monoisotopic (exact) mass is 222 g/mol. The van der Waals surface area contributed by atoms with Gasteiger partial charge in [0, 0.05) is 30.9 Å². The average Bonchev–Trinajstić information content (AvgIpc) is 2.73. The lowest BCUT2D eigenvalue weighted by molar-refractivity contribution is -0.121. The van der Waals surface area contributed by atoms with Crippen LogP contribution in [0.25, 0.3) is 0 Å². The highest BCUT2D eigenvalue weighted by molar-refractivity contribution is 5.95. The number of carbonyl (C=O) groups is 2. The molecule has 0 aliphatic heterocycles. The third-order valence-electron chi connectivity index (χ3n) is 2.29. The summed E-state index contributed by atoms with van der Waals surface area (Å²) >= 11 is 0. The highest BCUT2D eigenvalue weighted by Crippen LogP contribution is 2.04. The smallest absolute Gasteiger partial charge is 0.239 e. The van der Waals surface area contributed by atoms with Crippen LogP contribution in [0.2, 0.25) is 0 Å². The first-order chi connectivity index (χ1) is 7.67. The van der Waals surface area contributed by atoms with Gasteiger partial charge >= 0.3 is 0 Å². The SMILES string of the molecule is CCCNC(=O)Cn1ccc(C(=O)CC)c1. The van der Waals surface area contributed by atoms with E-state index in [0.717, 1.165) is 6.42 Å². The Hall–Kier alpha value is -1.58. The van der Waals surface area contributed by atoms with E-state index in [1.807, 2.05) is 13.8 Å². The average molecular weight is 222 g/mol. The molecule has 1 aromatic heterocycles. The fraction of sp³-hybridized carbons (Fsp3) is 0.500. The van der Waals surface area contributed by atoms with Crippen LogP contribution in [0.15, 0.2) is 18.5 Å². The number of carbonyl (C=O) groups excluding carboxylic acids is 2. The summed E-state index contributed by atoms with van der Waals surface area (Å²) < 4.78 is 1.73. The van der Waals surface area contributed by atoms with Crippen molar-refractivity contribution in [1.29, 1.82) is 0 Å². The lowest BCUT2D eigenvalue weighted by Gasteiger charge is -2.03. The second kappa shape index (κ2) is 6.10. The number of amides is 1. The van der Waals surface area contributed by atoms with Gasteiger partial charge in [-0.1, -0.05) is 13.8 Å². The number of aromatic nitrogens is 1. The van der Waals surface area contributed by atoms with Crippen molar-refractivity contribution < 1.29 is 9.59 Å². The number of rotatable bonds is 6. The maximum absolute atomic E-state index is 11.4. The zero-order valence-electron chi connectivity index (χ0n) is 9.82. The maximum atomic E-state index is 11.4. The molecule has 0 aromatic carbocycles. The molecule has 1 heterocycles. The first-order valence-corrected chi connectivity index (χ1v) is 5.63. The van der Waals surface area contributed by atoms with Gasteiger partial charge in [-0.15, -0.1) is 0 Å². The first kappa shape index (κ1) is 12.5. The van der Waals surface area contributed by atoms with Crippen molar-refractivity contribution in [2.24, 2.45) is 0 Å². The van der Waals surface area contributed by atoms with E-state index < -0.39 is 0 Å². The van der Waals surface area contributed by atoms with Gasteiger partial charge < -0.3 is 9.88 Å². The van der Waals surface area contributed by atoms with Crippen LogP contribution in [0.3, 0.4) is 0 Å². The molecule has 0 aliphatic carbocycles. The standard InChI is InChI=1S/C12H18N2O2/c1-3-6-13-12(16)9-14-7-5-10(8-14)11(15)4-2/h5,7-8H,3-4,6,9H2,1-2H3,(H,13,16). The van der Waals surface area contributed by atoms with E-state index in [2.05, 4.69) is 5.32 Å². The molecular weight excluding hydrogens is 204 g/mol. The molecule has 0 atom stereocenters. The van der Waals surface area contributed by atoms with Gasteiger partial charge in [-0.2, -0.15) is 0 Å². The van der Waals surface area contributed by atoms with Crippen LogP contribution in [0.5, 0.6) is 0 Å². The number of nitrogens with zero attached hydrogens (tertiary/aromatic N) is 1. The van der Waals surface area contributed by atoms with Crippen molar-refractivity contribution >= 4 is 11.7 Å². The van der Waals surface area contributed by atoms with Gasteiger partial charge in [0.15, 0.2) is 5.78 Å². The Kier molecular flexibility index (Phi) is 4.76. The number of nitrogens with one attached hydrogen (secondary N) is 1. The van der Waals surface area contributed by atoms with Gasteiger partial charge in [0.2, 0.25) is 5.91 Å². The van der Waals surface area contributed by atoms with Crippen molar-refractivity contribution in [1.82, 2.24) is 9.88 Å². The Balaban J connectivity index is 2.52. The lowest BCUT2D eigenvalue weighted by Crippen LogP contribution is -2.27. The summed E-state index contributed by atoms with van der Waals surface area (Å²) in [6, 6.07) is 1.75. The molecule has 16 heavy (non-hydrogen) atoms. The van der Waals surface area contributed by atoms with E-state index in [9.17, 15) is 9.59 Å². The van der Waals surface area contributed by atoms with Gasteiger partial charge in [-0.25, -0.2) is 0 Å². The molecule has 0 saturated heterocycles. The number of hydrogen-bond donors (Lipinski definition) is 1. The highest BCUT2D eigenvalue weighted by Gasteiger charge is 2.06. The molecular formula is C12H18N2O2. The van der Waals surface area contributed by atoms with Crippen LogP contribution in [-0.4, -0.2) is 22.8 Å². The quantitative estimate of drug-likeness (QED) is 0.743. The normalized spacial score (nSPS) is 10.1. The van der Waals surface area contributed by atoms with E-state index in [4.69, 9.17) is 0 Å². The van der Waals surface area contributed by atoms with Crippen LogP contribution in [0.1, 0.15) is 37.0 Å². The predicted molar refractivity (Wildman–Crippen MR) is 62.4 cm³/mol. The third-order valence-corrected chi connectivity index (χ3v) is 2.29. The van der Waals surface area contributed by atoms with E-state index in [0.29, 0.717) is 18.5 Å². The van der Waals surface area contributed by atoms with Crippen LogP contribution in [0, 0.1) is 0 Å². The summed E-state index contributed by atoms with van der Waals surface area (Å²) in [5, 5.41) is 2.79. The van der Waals surface area contributed by atoms with E-state index >= 15 is 0 Å². The molecule has 4 nitrogen and oxygen atoms in total.